The smallest absolute Gasteiger partial charge is 0.208 e. The zero-order chi connectivity index (χ0) is 16.2. The van der Waals surface area contributed by atoms with Crippen LogP contribution in [0, 0.1) is 17.8 Å². The summed E-state index contributed by atoms with van der Waals surface area (Å²) in [5.74, 6) is -1.29. The van der Waals surface area contributed by atoms with Gasteiger partial charge < -0.3 is 5.11 Å². The first-order chi connectivity index (χ1) is 11.1. The second-order valence-corrected chi connectivity index (χ2v) is 7.32. The van der Waals surface area contributed by atoms with Gasteiger partial charge >= 0.3 is 0 Å². The molecular formula is C20H22O3. The predicted molar refractivity (Wildman–Crippen MR) is 87.0 cm³/mol. The molecule has 1 aromatic carbocycles. The summed E-state index contributed by atoms with van der Waals surface area (Å²) in [7, 11) is 0. The molecule has 0 heterocycles. The number of carbonyl (C=O) groups is 2. The Hall–Kier alpha value is -1.90. The first kappa shape index (κ1) is 14.7. The predicted octanol–water partition coefficient (Wildman–Crippen LogP) is 3.73. The van der Waals surface area contributed by atoms with Gasteiger partial charge in [-0.25, -0.2) is 0 Å². The normalized spacial score (nSPS) is 36.8. The van der Waals surface area contributed by atoms with Gasteiger partial charge in [0.15, 0.2) is 11.5 Å². The number of rotatable bonds is 1. The van der Waals surface area contributed by atoms with Crippen molar-refractivity contribution >= 4 is 11.6 Å². The van der Waals surface area contributed by atoms with Crippen LogP contribution in [0.2, 0.25) is 0 Å². The van der Waals surface area contributed by atoms with Crippen LogP contribution in [0.25, 0.3) is 0 Å². The van der Waals surface area contributed by atoms with Crippen molar-refractivity contribution in [2.45, 2.75) is 44.4 Å². The molecule has 2 saturated carbocycles. The Morgan fingerprint density at radius 3 is 2.57 bits per heavy atom. The molecule has 4 unspecified atom stereocenters. The molecule has 120 valence electrons. The Bertz CT molecular complexity index is 703. The van der Waals surface area contributed by atoms with Crippen molar-refractivity contribution in [2.75, 3.05) is 0 Å². The molecule has 0 radical (unpaired) electrons. The van der Waals surface area contributed by atoms with Crippen LogP contribution in [0.3, 0.4) is 0 Å². The molecule has 2 fully saturated rings. The number of benzene rings is 1. The van der Waals surface area contributed by atoms with Gasteiger partial charge in [-0.05, 0) is 36.8 Å². The standard InChI is InChI=1S/C20H22O3/c1-12-15-14-10-6-3-7-11-20(14,13-8-4-2-5-9-13)16(18(15)22)19(23)17(12)21/h2,4-5,8-9,14-16,21H,3,6-7,10-11H2,1H3. The fourth-order valence-electron chi connectivity index (χ4n) is 5.49. The Morgan fingerprint density at radius 1 is 1.09 bits per heavy atom. The van der Waals surface area contributed by atoms with Gasteiger partial charge in [0.25, 0.3) is 0 Å². The van der Waals surface area contributed by atoms with E-state index in [9.17, 15) is 14.7 Å². The molecule has 1 N–H and O–H groups in total. The molecule has 0 saturated heterocycles. The van der Waals surface area contributed by atoms with Crippen molar-refractivity contribution in [3.63, 3.8) is 0 Å². The van der Waals surface area contributed by atoms with Gasteiger partial charge in [0, 0.05) is 11.3 Å². The summed E-state index contributed by atoms with van der Waals surface area (Å²) in [6, 6.07) is 10.1. The van der Waals surface area contributed by atoms with Crippen LogP contribution in [0.1, 0.15) is 44.6 Å². The zero-order valence-electron chi connectivity index (χ0n) is 13.4. The molecule has 1 aromatic rings. The van der Waals surface area contributed by atoms with E-state index in [1.165, 1.54) is 0 Å². The van der Waals surface area contributed by atoms with Gasteiger partial charge in [0.05, 0.1) is 5.92 Å². The molecule has 0 spiro atoms. The lowest BCUT2D eigenvalue weighted by Gasteiger charge is -2.38. The molecule has 23 heavy (non-hydrogen) atoms. The summed E-state index contributed by atoms with van der Waals surface area (Å²) in [5.41, 5.74) is 1.27. The number of allylic oxidation sites excluding steroid dienone is 2. The van der Waals surface area contributed by atoms with Crippen LogP contribution in [-0.2, 0) is 15.0 Å². The molecule has 4 rings (SSSR count). The summed E-state index contributed by atoms with van der Waals surface area (Å²) >= 11 is 0. The Kier molecular flexibility index (Phi) is 3.22. The molecule has 3 aliphatic rings. The SMILES string of the molecule is CC1=C(O)C(=O)C2C(=O)C1C1CCCCCC21c1ccccc1. The van der Waals surface area contributed by atoms with Crippen LogP contribution in [0.4, 0.5) is 0 Å². The molecule has 0 amide bonds. The average Bonchev–Trinajstić information content (AvgIpc) is 2.69. The van der Waals surface area contributed by atoms with Crippen molar-refractivity contribution in [3.8, 4) is 0 Å². The largest absolute Gasteiger partial charge is 0.504 e. The molecule has 0 aliphatic heterocycles. The van der Waals surface area contributed by atoms with E-state index in [0.29, 0.717) is 5.57 Å². The van der Waals surface area contributed by atoms with E-state index in [0.717, 1.165) is 37.7 Å². The quantitative estimate of drug-likeness (QED) is 0.804. The highest BCUT2D eigenvalue weighted by Crippen LogP contribution is 2.61. The van der Waals surface area contributed by atoms with Crippen LogP contribution < -0.4 is 0 Å². The maximum atomic E-state index is 13.0. The van der Waals surface area contributed by atoms with Gasteiger partial charge in [-0.3, -0.25) is 9.59 Å². The van der Waals surface area contributed by atoms with E-state index in [-0.39, 0.29) is 29.2 Å². The fourth-order valence-corrected chi connectivity index (χ4v) is 5.49. The first-order valence-corrected chi connectivity index (χ1v) is 8.62. The van der Waals surface area contributed by atoms with Crippen molar-refractivity contribution < 1.29 is 14.7 Å². The molecule has 2 bridgehead atoms. The topological polar surface area (TPSA) is 54.4 Å². The van der Waals surface area contributed by atoms with Gasteiger partial charge in [-0.1, -0.05) is 49.6 Å². The van der Waals surface area contributed by atoms with Gasteiger partial charge in [-0.15, -0.1) is 0 Å². The van der Waals surface area contributed by atoms with Crippen LogP contribution in [0.15, 0.2) is 41.7 Å². The first-order valence-electron chi connectivity index (χ1n) is 8.62. The number of ketones is 2. The molecule has 0 aromatic heterocycles. The van der Waals surface area contributed by atoms with E-state index in [1.807, 2.05) is 18.2 Å². The second kappa shape index (κ2) is 5.05. The Labute approximate surface area is 136 Å². The van der Waals surface area contributed by atoms with E-state index < -0.39 is 11.3 Å². The van der Waals surface area contributed by atoms with Crippen molar-refractivity contribution in [2.24, 2.45) is 17.8 Å². The number of hydrogen-bond donors (Lipinski definition) is 1. The summed E-state index contributed by atoms with van der Waals surface area (Å²) in [6.07, 6.45) is 5.11. The number of carbonyl (C=O) groups excluding carboxylic acids is 2. The number of Topliss-reactive ketones (excluding diaryl/α,β-unsaturated/α-hetero) is 2. The summed E-state index contributed by atoms with van der Waals surface area (Å²) < 4.78 is 0. The number of aliphatic hydroxyl groups is 1. The zero-order valence-corrected chi connectivity index (χ0v) is 13.4. The van der Waals surface area contributed by atoms with E-state index in [4.69, 9.17) is 0 Å². The van der Waals surface area contributed by atoms with Crippen LogP contribution in [0.5, 0.6) is 0 Å². The van der Waals surface area contributed by atoms with E-state index in [2.05, 4.69) is 12.1 Å². The number of fused-ring (bicyclic) bond motifs is 5. The van der Waals surface area contributed by atoms with Crippen LogP contribution >= 0.6 is 0 Å². The lowest BCUT2D eigenvalue weighted by molar-refractivity contribution is -0.134. The Balaban J connectivity index is 1.98. The van der Waals surface area contributed by atoms with Gasteiger partial charge in [0.1, 0.15) is 0 Å². The third-order valence-electron chi connectivity index (χ3n) is 6.42. The lowest BCUT2D eigenvalue weighted by Crippen LogP contribution is -2.42. The van der Waals surface area contributed by atoms with Crippen LogP contribution in [-0.4, -0.2) is 16.7 Å². The van der Waals surface area contributed by atoms with Crippen molar-refractivity contribution in [1.82, 2.24) is 0 Å². The van der Waals surface area contributed by atoms with Gasteiger partial charge in [0.2, 0.25) is 5.78 Å². The highest BCUT2D eigenvalue weighted by Gasteiger charge is 2.66. The molecular weight excluding hydrogens is 288 g/mol. The molecule has 3 aliphatic carbocycles. The van der Waals surface area contributed by atoms with Crippen molar-refractivity contribution in [3.05, 3.63) is 47.2 Å². The van der Waals surface area contributed by atoms with Gasteiger partial charge in [-0.2, -0.15) is 0 Å². The van der Waals surface area contributed by atoms with E-state index >= 15 is 0 Å². The summed E-state index contributed by atoms with van der Waals surface area (Å²) in [4.78, 5) is 25.9. The molecule has 4 atom stereocenters. The third-order valence-corrected chi connectivity index (χ3v) is 6.42. The van der Waals surface area contributed by atoms with Crippen molar-refractivity contribution in [1.29, 1.82) is 0 Å². The third kappa shape index (κ3) is 1.76. The summed E-state index contributed by atoms with van der Waals surface area (Å²) in [5, 5.41) is 10.3. The fraction of sp³-hybridized carbons (Fsp3) is 0.500. The highest BCUT2D eigenvalue weighted by atomic mass is 16.3. The minimum Gasteiger partial charge on any atom is -0.504 e. The highest BCUT2D eigenvalue weighted by molar-refractivity contribution is 6.17. The minimum atomic E-state index is -0.693. The second-order valence-electron chi connectivity index (χ2n) is 7.32. The Morgan fingerprint density at radius 2 is 1.83 bits per heavy atom. The average molecular weight is 310 g/mol. The number of hydrogen-bond acceptors (Lipinski definition) is 3. The minimum absolute atomic E-state index is 0.0426. The summed E-state index contributed by atoms with van der Waals surface area (Å²) in [6.45, 7) is 1.76. The molecule has 3 heteroatoms. The maximum absolute atomic E-state index is 13.0. The lowest BCUT2D eigenvalue weighted by atomic mass is 9.63. The maximum Gasteiger partial charge on any atom is 0.208 e. The number of aliphatic hydroxyl groups excluding tert-OH is 1. The monoisotopic (exact) mass is 310 g/mol. The molecule has 3 nitrogen and oxygen atoms in total. The van der Waals surface area contributed by atoms with E-state index in [1.54, 1.807) is 6.92 Å².